The monoisotopic (exact) mass is 1270 g/mol. The number of benzene rings is 5. The lowest BCUT2D eigenvalue weighted by Gasteiger charge is -2.07. The van der Waals surface area contributed by atoms with E-state index in [0.29, 0.717) is 61.9 Å². The third kappa shape index (κ3) is 16.6. The molecule has 11 aromatic rings. The van der Waals surface area contributed by atoms with Gasteiger partial charge in [0.15, 0.2) is 16.9 Å². The maximum atomic E-state index is 11.8. The smallest absolute Gasteiger partial charge is 0.478 e. The molecule has 0 amide bonds. The van der Waals surface area contributed by atoms with E-state index in [1.54, 1.807) is 78.9 Å². The van der Waals surface area contributed by atoms with Gasteiger partial charge in [0.25, 0.3) is 0 Å². The van der Waals surface area contributed by atoms with E-state index in [-0.39, 0.29) is 29.5 Å². The van der Waals surface area contributed by atoms with Crippen LogP contribution in [-0.2, 0) is 14.2 Å². The summed E-state index contributed by atoms with van der Waals surface area (Å²) in [6.07, 6.45) is 0. The summed E-state index contributed by atoms with van der Waals surface area (Å²) in [5.74, 6) is -3.29. The molecule has 0 saturated heterocycles. The van der Waals surface area contributed by atoms with Crippen molar-refractivity contribution in [3.05, 3.63) is 231 Å². The van der Waals surface area contributed by atoms with Crippen LogP contribution in [0.2, 0.25) is 0 Å². The Balaban J connectivity index is 0.000000193. The van der Waals surface area contributed by atoms with Gasteiger partial charge in [0.05, 0.1) is 71.9 Å². The van der Waals surface area contributed by atoms with E-state index < -0.39 is 37.0 Å². The van der Waals surface area contributed by atoms with Crippen LogP contribution in [0.3, 0.4) is 0 Å². The van der Waals surface area contributed by atoms with Gasteiger partial charge in [-0.3, -0.25) is 0 Å². The van der Waals surface area contributed by atoms with Crippen molar-refractivity contribution in [1.82, 2.24) is 29.9 Å². The maximum absolute atomic E-state index is 11.8. The quantitative estimate of drug-likeness (QED) is 0.0428. The third-order valence-electron chi connectivity index (χ3n) is 12.2. The van der Waals surface area contributed by atoms with Gasteiger partial charge >= 0.3 is 37.0 Å². The molecule has 6 heterocycles. The summed E-state index contributed by atoms with van der Waals surface area (Å²) < 4.78 is 15.7. The van der Waals surface area contributed by atoms with Gasteiger partial charge in [0.2, 0.25) is 0 Å². The summed E-state index contributed by atoms with van der Waals surface area (Å²) in [6, 6.07) is 56.1. The minimum Gasteiger partial charge on any atom is -0.478 e. The molecule has 0 spiro atoms. The number of fused-ring (bicyclic) bond motifs is 3. The lowest BCUT2D eigenvalue weighted by molar-refractivity contribution is 0.0592. The number of aromatic carboxylic acids is 2. The average Bonchev–Trinajstić information content (AvgIpc) is 2.11. The summed E-state index contributed by atoms with van der Waals surface area (Å²) in [6.45, 7) is 0. The predicted octanol–water partition coefficient (Wildman–Crippen LogP) is 11.0. The second kappa shape index (κ2) is 29.8. The number of pyridine rings is 6. The lowest BCUT2D eigenvalue weighted by Crippen LogP contribution is -2.30. The fourth-order valence-corrected chi connectivity index (χ4v) is 8.61. The van der Waals surface area contributed by atoms with Crippen LogP contribution in [-0.4, -0.2) is 114 Å². The molecule has 0 aliphatic rings. The molecule has 19 nitrogen and oxygen atoms in total. The number of halogens is 2. The van der Waals surface area contributed by atoms with E-state index in [1.165, 1.54) is 51.7 Å². The number of ether oxygens (including phenoxy) is 3. The number of carbonyl (C=O) groups is 5. The highest BCUT2D eigenvalue weighted by Gasteiger charge is 2.15. The largest absolute Gasteiger partial charge is 0.488 e. The van der Waals surface area contributed by atoms with Crippen molar-refractivity contribution in [2.75, 3.05) is 21.3 Å². The average molecular weight is 1270 g/mol. The Morgan fingerprint density at radius 3 is 0.953 bits per heavy atom. The molecule has 0 fully saturated rings. The molecule has 428 valence electrons. The van der Waals surface area contributed by atoms with Crippen LogP contribution < -0.4 is 5.46 Å². The molecule has 6 aromatic heterocycles. The van der Waals surface area contributed by atoms with E-state index in [4.69, 9.17) is 19.5 Å². The number of hydrogen-bond acceptors (Lipinski definition) is 16. The Kier molecular flexibility index (Phi) is 22.5. The first kappa shape index (κ1) is 64.2. The van der Waals surface area contributed by atoms with Crippen molar-refractivity contribution in [3.8, 4) is 45.0 Å². The summed E-state index contributed by atoms with van der Waals surface area (Å²) in [5, 5.41) is 38.7. The zero-order chi connectivity index (χ0) is 59.2. The highest BCUT2D eigenvalue weighted by molar-refractivity contribution is 9.10. The molecule has 0 saturated carbocycles. The van der Waals surface area contributed by atoms with Crippen LogP contribution in [0, 0.1) is 0 Å². The Labute approximate surface area is 503 Å². The van der Waals surface area contributed by atoms with E-state index in [9.17, 15) is 34.2 Å². The molecular weight excluding hydrogens is 1220 g/mol. The van der Waals surface area contributed by atoms with Crippen molar-refractivity contribution >= 4 is 107 Å². The molecule has 22 heteroatoms. The summed E-state index contributed by atoms with van der Waals surface area (Å²) in [7, 11) is 2.41. The molecular formula is C63H51BBr2N6O13. The van der Waals surface area contributed by atoms with Crippen molar-refractivity contribution in [2.24, 2.45) is 0 Å². The van der Waals surface area contributed by atoms with Crippen molar-refractivity contribution in [2.45, 2.75) is 7.43 Å². The van der Waals surface area contributed by atoms with Gasteiger partial charge in [-0.15, -0.1) is 0 Å². The Hall–Kier alpha value is -9.97. The fraction of sp³-hybridized carbons (Fsp3) is 0.0635. The zero-order valence-corrected chi connectivity index (χ0v) is 47.7. The topological polar surface area (TPSA) is 303 Å². The maximum Gasteiger partial charge on any atom is 0.488 e. The van der Waals surface area contributed by atoms with Crippen molar-refractivity contribution in [3.63, 3.8) is 0 Å². The minimum absolute atomic E-state index is 0. The van der Waals surface area contributed by atoms with Crippen LogP contribution >= 0.6 is 31.9 Å². The second-order valence-electron chi connectivity index (χ2n) is 17.6. The minimum atomic E-state index is -1.57. The van der Waals surface area contributed by atoms with Gasteiger partial charge in [-0.05, 0) is 171 Å². The summed E-state index contributed by atoms with van der Waals surface area (Å²) in [4.78, 5) is 84.0. The van der Waals surface area contributed by atoms with Crippen molar-refractivity contribution in [1.29, 1.82) is 0 Å². The number of aromatic nitrogens is 6. The van der Waals surface area contributed by atoms with E-state index >= 15 is 0 Å². The third-order valence-corrected chi connectivity index (χ3v) is 13.0. The molecule has 6 N–H and O–H groups in total. The van der Waals surface area contributed by atoms with Gasteiger partial charge in [0, 0.05) is 38.4 Å². The second-order valence-corrected chi connectivity index (χ2v) is 19.2. The molecule has 0 aliphatic heterocycles. The van der Waals surface area contributed by atoms with Crippen LogP contribution in [0.25, 0.3) is 78.1 Å². The summed E-state index contributed by atoms with van der Waals surface area (Å²) in [5.41, 5.74) is 9.22. The molecule has 0 atom stereocenters. The highest BCUT2D eigenvalue weighted by Crippen LogP contribution is 2.28. The number of carboxylic acid groups (broad SMARTS) is 2. The Bertz CT molecular complexity index is 4030. The van der Waals surface area contributed by atoms with Crippen LogP contribution in [0.4, 0.5) is 0 Å². The first-order chi connectivity index (χ1) is 40.0. The van der Waals surface area contributed by atoms with Crippen molar-refractivity contribution < 1.29 is 63.9 Å². The summed E-state index contributed by atoms with van der Waals surface area (Å²) >= 11 is 6.58. The Morgan fingerprint density at radius 2 is 0.647 bits per heavy atom. The molecule has 11 rings (SSSR count). The molecule has 0 bridgehead atoms. The molecule has 85 heavy (non-hydrogen) atoms. The highest BCUT2D eigenvalue weighted by atomic mass is 79.9. The van der Waals surface area contributed by atoms with Gasteiger partial charge in [0.1, 0.15) is 9.21 Å². The predicted molar refractivity (Wildman–Crippen MR) is 330 cm³/mol. The van der Waals surface area contributed by atoms with E-state index in [0.717, 1.165) is 42.1 Å². The number of esters is 3. The van der Waals surface area contributed by atoms with Crippen LogP contribution in [0.5, 0.6) is 0 Å². The number of nitrogens with zero attached hydrogens (tertiary/aromatic N) is 6. The van der Waals surface area contributed by atoms with Gasteiger partial charge < -0.3 is 39.9 Å². The molecule has 5 aromatic carbocycles. The zero-order valence-electron chi connectivity index (χ0n) is 44.5. The molecule has 0 radical (unpaired) electrons. The molecule has 0 aliphatic carbocycles. The standard InChI is InChI=1S/C24H18N2O4.C22H14N2O4.C8H9BO4.C8H4Br2N2.CH4.H2O/c1-29-23(27)18-7-3-5-16(13-18)20-11-9-15-10-12-21(26-22(15)25-20)17-6-4-8-19(14-17)24(28)30-2;25-21(26)16-5-1-3-14(11-16)18-9-7-13-8-10-19(24-20(13)23-18)15-4-2-6-17(12-15)22(27)28;1-13-8(10)6-3-2-4-7(5-6)9(11)12;9-6-3-1-5-2-4-7(10)12-8(5)11-6;;/h3-14H,1-2H3;1-12H,(H,25,26)(H,27,28);2-5,11-12H,1H3;1-4H;1H4;1H2. The van der Waals surface area contributed by atoms with E-state index in [1.807, 2.05) is 84.9 Å². The lowest BCUT2D eigenvalue weighted by atomic mass is 9.80. The molecule has 0 unspecified atom stereocenters. The number of carboxylic acids is 2. The normalized spacial score (nSPS) is 10.2. The number of hydrogen-bond donors (Lipinski definition) is 4. The van der Waals surface area contributed by atoms with Gasteiger partial charge in [-0.2, -0.15) is 0 Å². The SMILES string of the molecule is Brc1ccc2ccc(Br)nc2n1.C.COC(=O)c1cccc(-c2ccc3ccc(-c4cccc(C(=O)OC)c4)nc3n2)c1.COC(=O)c1cccc(B(O)O)c1.O.O=C(O)c1cccc(-c2ccc3ccc(-c4cccc(C(=O)O)c4)nc3n2)c1. The number of methoxy groups -OCH3 is 3. The number of rotatable bonds is 10. The van der Waals surface area contributed by atoms with Gasteiger partial charge in [-0.1, -0.05) is 68.1 Å². The fourth-order valence-electron chi connectivity index (χ4n) is 8.01. The first-order valence-corrected chi connectivity index (χ1v) is 26.3. The van der Waals surface area contributed by atoms with Crippen LogP contribution in [0.1, 0.15) is 59.2 Å². The van der Waals surface area contributed by atoms with Crippen LogP contribution in [0.15, 0.2) is 203 Å². The van der Waals surface area contributed by atoms with E-state index in [2.05, 4.69) is 66.5 Å². The Morgan fingerprint density at radius 1 is 0.376 bits per heavy atom. The first-order valence-electron chi connectivity index (χ1n) is 24.7. The van der Waals surface area contributed by atoms with Gasteiger partial charge in [-0.25, -0.2) is 53.9 Å². The number of carbonyl (C=O) groups excluding carboxylic acids is 3.